The van der Waals surface area contributed by atoms with E-state index in [1.54, 1.807) is 11.8 Å². The van der Waals surface area contributed by atoms with E-state index < -0.39 is 11.6 Å². The maximum atomic E-state index is 12.1. The first-order chi connectivity index (χ1) is 8.73. The molecule has 0 bridgehead atoms. The molecule has 0 radical (unpaired) electrons. The minimum Gasteiger partial charge on any atom is -0.481 e. The zero-order valence-corrected chi connectivity index (χ0v) is 11.8. The van der Waals surface area contributed by atoms with Crippen molar-refractivity contribution in [3.05, 3.63) is 0 Å². The van der Waals surface area contributed by atoms with E-state index in [0.29, 0.717) is 13.1 Å². The predicted molar refractivity (Wildman–Crippen MR) is 68.7 cm³/mol. The van der Waals surface area contributed by atoms with Crippen LogP contribution in [-0.4, -0.2) is 58.4 Å². The summed E-state index contributed by atoms with van der Waals surface area (Å²) in [5.74, 6) is -1.16. The first-order valence-electron chi connectivity index (χ1n) is 6.51. The average Bonchev–Trinajstić information content (AvgIpc) is 2.25. The summed E-state index contributed by atoms with van der Waals surface area (Å²) in [5.41, 5.74) is -0.489. The Morgan fingerprint density at radius 3 is 2.58 bits per heavy atom. The number of amides is 1. The van der Waals surface area contributed by atoms with Crippen LogP contribution in [0.1, 0.15) is 33.6 Å². The van der Waals surface area contributed by atoms with Gasteiger partial charge in [-0.3, -0.25) is 9.59 Å². The van der Waals surface area contributed by atoms with Crippen molar-refractivity contribution >= 4 is 11.9 Å². The Labute approximate surface area is 113 Å². The van der Waals surface area contributed by atoms with Gasteiger partial charge in [0.05, 0.1) is 18.3 Å². The molecule has 0 spiro atoms. The third kappa shape index (κ3) is 5.16. The molecule has 1 rings (SSSR count). The van der Waals surface area contributed by atoms with Gasteiger partial charge in [0.15, 0.2) is 0 Å². The van der Waals surface area contributed by atoms with Crippen molar-refractivity contribution in [3.8, 4) is 0 Å². The number of hydrogen-bond donors (Lipinski definition) is 2. The molecule has 1 amide bonds. The minimum atomic E-state index is -0.893. The summed E-state index contributed by atoms with van der Waals surface area (Å²) in [5, 5.41) is 17.9. The van der Waals surface area contributed by atoms with Gasteiger partial charge in [-0.05, 0) is 19.8 Å². The van der Waals surface area contributed by atoms with Gasteiger partial charge in [0, 0.05) is 25.9 Å². The summed E-state index contributed by atoms with van der Waals surface area (Å²) >= 11 is 0. The van der Waals surface area contributed by atoms with Gasteiger partial charge in [-0.2, -0.15) is 0 Å². The summed E-state index contributed by atoms with van der Waals surface area (Å²) in [4.78, 5) is 24.4. The number of carboxylic acid groups (broad SMARTS) is 1. The second-order valence-electron chi connectivity index (χ2n) is 5.86. The molecule has 6 nitrogen and oxygen atoms in total. The van der Waals surface area contributed by atoms with Crippen LogP contribution in [-0.2, 0) is 14.3 Å². The molecular weight excluding hydrogens is 250 g/mol. The van der Waals surface area contributed by atoms with Crippen LogP contribution in [0.3, 0.4) is 0 Å². The van der Waals surface area contributed by atoms with Gasteiger partial charge in [-0.1, -0.05) is 6.92 Å². The molecule has 2 N–H and O–H groups in total. The van der Waals surface area contributed by atoms with Crippen molar-refractivity contribution in [2.75, 3.05) is 19.7 Å². The van der Waals surface area contributed by atoms with Gasteiger partial charge in [-0.15, -0.1) is 0 Å². The molecule has 0 aromatic carbocycles. The van der Waals surface area contributed by atoms with Crippen LogP contribution in [0.25, 0.3) is 0 Å². The molecule has 1 saturated heterocycles. The molecule has 0 saturated carbocycles. The highest BCUT2D eigenvalue weighted by atomic mass is 16.5. The number of aliphatic carboxylic acids is 1. The molecule has 1 aliphatic heterocycles. The fraction of sp³-hybridized carbons (Fsp3) is 0.846. The molecule has 1 heterocycles. The van der Waals surface area contributed by atoms with E-state index in [0.717, 1.165) is 0 Å². The SMILES string of the molecule is CC(CC(=O)O)CC(=O)N1CC(CO)OC(C)(C)C1. The molecule has 2 unspecified atom stereocenters. The van der Waals surface area contributed by atoms with Gasteiger partial charge in [0.2, 0.25) is 5.91 Å². The highest BCUT2D eigenvalue weighted by Crippen LogP contribution is 2.22. The summed E-state index contributed by atoms with van der Waals surface area (Å²) in [6.07, 6.45) is -0.175. The molecule has 1 aliphatic rings. The molecule has 19 heavy (non-hydrogen) atoms. The van der Waals surface area contributed by atoms with Crippen LogP contribution in [0.4, 0.5) is 0 Å². The van der Waals surface area contributed by atoms with E-state index in [9.17, 15) is 14.7 Å². The van der Waals surface area contributed by atoms with Crippen molar-refractivity contribution < 1.29 is 24.5 Å². The van der Waals surface area contributed by atoms with Crippen molar-refractivity contribution in [2.24, 2.45) is 5.92 Å². The van der Waals surface area contributed by atoms with Crippen LogP contribution in [0.15, 0.2) is 0 Å². The highest BCUT2D eigenvalue weighted by Gasteiger charge is 2.35. The molecule has 2 atom stereocenters. The molecular formula is C13H23NO5. The topological polar surface area (TPSA) is 87.1 Å². The molecule has 6 heteroatoms. The van der Waals surface area contributed by atoms with Crippen molar-refractivity contribution in [1.82, 2.24) is 4.90 Å². The van der Waals surface area contributed by atoms with Crippen LogP contribution < -0.4 is 0 Å². The molecule has 0 aliphatic carbocycles. The maximum absolute atomic E-state index is 12.1. The monoisotopic (exact) mass is 273 g/mol. The van der Waals surface area contributed by atoms with E-state index in [1.807, 2.05) is 13.8 Å². The normalized spacial score (nSPS) is 24.0. The third-order valence-corrected chi connectivity index (χ3v) is 3.08. The molecule has 1 fully saturated rings. The zero-order chi connectivity index (χ0) is 14.6. The van der Waals surface area contributed by atoms with Crippen LogP contribution >= 0.6 is 0 Å². The van der Waals surface area contributed by atoms with Gasteiger partial charge >= 0.3 is 5.97 Å². The van der Waals surface area contributed by atoms with E-state index >= 15 is 0 Å². The van der Waals surface area contributed by atoms with E-state index in [2.05, 4.69) is 0 Å². The first-order valence-corrected chi connectivity index (χ1v) is 6.51. The van der Waals surface area contributed by atoms with E-state index in [1.165, 1.54) is 0 Å². The average molecular weight is 273 g/mol. The maximum Gasteiger partial charge on any atom is 0.303 e. The Morgan fingerprint density at radius 1 is 1.42 bits per heavy atom. The number of aliphatic hydroxyl groups excluding tert-OH is 1. The number of rotatable bonds is 5. The van der Waals surface area contributed by atoms with Gasteiger partial charge in [0.25, 0.3) is 0 Å². The first kappa shape index (κ1) is 15.9. The number of aliphatic hydroxyl groups is 1. The summed E-state index contributed by atoms with van der Waals surface area (Å²) in [6, 6.07) is 0. The smallest absolute Gasteiger partial charge is 0.303 e. The van der Waals surface area contributed by atoms with E-state index in [4.69, 9.17) is 9.84 Å². The Morgan fingerprint density at radius 2 is 2.05 bits per heavy atom. The predicted octanol–water partition coefficient (Wildman–Crippen LogP) is 0.486. The zero-order valence-electron chi connectivity index (χ0n) is 11.8. The number of nitrogens with zero attached hydrogens (tertiary/aromatic N) is 1. The number of carbonyl (C=O) groups excluding carboxylic acids is 1. The second-order valence-corrected chi connectivity index (χ2v) is 5.86. The van der Waals surface area contributed by atoms with Crippen molar-refractivity contribution in [2.45, 2.75) is 45.3 Å². The Bertz CT molecular complexity index is 342. The molecule has 0 aromatic heterocycles. The lowest BCUT2D eigenvalue weighted by Gasteiger charge is -2.42. The minimum absolute atomic E-state index is 0.0110. The number of carboxylic acids is 1. The van der Waals surface area contributed by atoms with Crippen LogP contribution in [0, 0.1) is 5.92 Å². The lowest BCUT2D eigenvalue weighted by atomic mass is 10.0. The number of carbonyl (C=O) groups is 2. The Balaban J connectivity index is 2.58. The summed E-state index contributed by atoms with van der Waals surface area (Å²) < 4.78 is 5.63. The fourth-order valence-electron chi connectivity index (χ4n) is 2.38. The molecule has 110 valence electrons. The van der Waals surface area contributed by atoms with E-state index in [-0.39, 0.29) is 37.4 Å². The Hall–Kier alpha value is -1.14. The number of ether oxygens (including phenoxy) is 1. The lowest BCUT2D eigenvalue weighted by Crippen LogP contribution is -2.55. The summed E-state index contributed by atoms with van der Waals surface area (Å²) in [6.45, 7) is 6.19. The summed E-state index contributed by atoms with van der Waals surface area (Å²) in [7, 11) is 0. The van der Waals surface area contributed by atoms with Crippen molar-refractivity contribution in [1.29, 1.82) is 0 Å². The fourth-order valence-corrected chi connectivity index (χ4v) is 2.38. The number of hydrogen-bond acceptors (Lipinski definition) is 4. The molecule has 0 aromatic rings. The van der Waals surface area contributed by atoms with Crippen molar-refractivity contribution in [3.63, 3.8) is 0 Å². The Kier molecular flexibility index (Phi) is 5.31. The van der Waals surface area contributed by atoms with Crippen LogP contribution in [0.5, 0.6) is 0 Å². The lowest BCUT2D eigenvalue weighted by molar-refractivity contribution is -0.167. The second kappa shape index (κ2) is 6.34. The largest absolute Gasteiger partial charge is 0.481 e. The van der Waals surface area contributed by atoms with Gasteiger partial charge in [0.1, 0.15) is 0 Å². The quantitative estimate of drug-likeness (QED) is 0.761. The third-order valence-electron chi connectivity index (χ3n) is 3.08. The number of morpholine rings is 1. The van der Waals surface area contributed by atoms with Crippen LogP contribution in [0.2, 0.25) is 0 Å². The highest BCUT2D eigenvalue weighted by molar-refractivity contribution is 5.77. The van der Waals surface area contributed by atoms with Gasteiger partial charge in [-0.25, -0.2) is 0 Å². The van der Waals surface area contributed by atoms with Gasteiger partial charge < -0.3 is 19.8 Å². The standard InChI is InChI=1S/C13H23NO5/c1-9(5-12(17)18)4-11(16)14-6-10(7-15)19-13(2,3)8-14/h9-10,15H,4-8H2,1-3H3,(H,17,18).